The molecule has 1 atom stereocenters. The van der Waals surface area contributed by atoms with Gasteiger partial charge in [0.05, 0.1) is 40.3 Å². The number of imidazole rings is 1. The molecular weight excluding hydrogens is 780 g/mol. The number of fused-ring (bicyclic) bond motifs is 3. The SMILES string of the molecule is O=C1CCC(N2C(=O)c3ccc(N4CCN(CC5CCN(C(=O)c6ccc(-c7cnc8ncc(Cc9ccc%10ncccc%10c9)n8n7)cc6F)CC5)CC4)cc3C2=O)C(=O)N1. The highest BCUT2D eigenvalue weighted by Crippen LogP contribution is 2.32. The molecule has 16 heteroatoms. The van der Waals surface area contributed by atoms with Crippen LogP contribution in [-0.2, 0) is 16.0 Å². The Balaban J connectivity index is 0.723. The summed E-state index contributed by atoms with van der Waals surface area (Å²) < 4.78 is 17.3. The van der Waals surface area contributed by atoms with Gasteiger partial charge in [-0.2, -0.15) is 5.10 Å². The van der Waals surface area contributed by atoms with E-state index in [9.17, 15) is 24.0 Å². The van der Waals surface area contributed by atoms with Crippen LogP contribution >= 0.6 is 0 Å². The fourth-order valence-corrected chi connectivity index (χ4v) is 9.06. The number of pyridine rings is 1. The van der Waals surface area contributed by atoms with Gasteiger partial charge in [-0.15, -0.1) is 0 Å². The highest BCUT2D eigenvalue weighted by atomic mass is 19.1. The number of carbonyl (C=O) groups is 5. The molecule has 0 aliphatic carbocycles. The van der Waals surface area contributed by atoms with Crippen molar-refractivity contribution in [2.45, 2.75) is 38.1 Å². The first-order valence-corrected chi connectivity index (χ1v) is 20.6. The summed E-state index contributed by atoms with van der Waals surface area (Å²) in [6.45, 7) is 5.06. The molecule has 0 saturated carbocycles. The Morgan fingerprint density at radius 3 is 2.41 bits per heavy atom. The molecule has 1 N–H and O–H groups in total. The molecule has 6 aromatic rings. The van der Waals surface area contributed by atoms with E-state index in [0.29, 0.717) is 42.5 Å². The average molecular weight is 821 g/mol. The number of likely N-dealkylation sites (tertiary alicyclic amines) is 1. The van der Waals surface area contributed by atoms with Crippen molar-refractivity contribution < 1.29 is 28.4 Å². The number of hydrogen-bond donors (Lipinski definition) is 1. The molecule has 3 aromatic heterocycles. The van der Waals surface area contributed by atoms with Crippen molar-refractivity contribution in [2.75, 3.05) is 50.7 Å². The summed E-state index contributed by atoms with van der Waals surface area (Å²) in [6.07, 6.45) is 7.46. The first-order valence-electron chi connectivity index (χ1n) is 20.6. The van der Waals surface area contributed by atoms with E-state index in [1.165, 1.54) is 12.1 Å². The first-order chi connectivity index (χ1) is 29.7. The zero-order valence-electron chi connectivity index (χ0n) is 33.2. The average Bonchev–Trinajstić information content (AvgIpc) is 3.79. The number of nitrogens with one attached hydrogen (secondary N) is 1. The van der Waals surface area contributed by atoms with E-state index in [1.54, 1.807) is 46.2 Å². The maximum absolute atomic E-state index is 15.7. The molecule has 15 nitrogen and oxygen atoms in total. The molecule has 61 heavy (non-hydrogen) atoms. The Morgan fingerprint density at radius 1 is 0.803 bits per heavy atom. The van der Waals surface area contributed by atoms with Crippen LogP contribution in [0.5, 0.6) is 0 Å². The van der Waals surface area contributed by atoms with Gasteiger partial charge in [0.15, 0.2) is 0 Å². The smallest absolute Gasteiger partial charge is 0.262 e. The van der Waals surface area contributed by atoms with E-state index in [1.807, 2.05) is 30.3 Å². The zero-order chi connectivity index (χ0) is 41.8. The molecule has 7 heterocycles. The summed E-state index contributed by atoms with van der Waals surface area (Å²) in [5, 5.41) is 8.02. The lowest BCUT2D eigenvalue weighted by Gasteiger charge is -2.39. The number of rotatable bonds is 8. The Kier molecular flexibility index (Phi) is 9.78. The van der Waals surface area contributed by atoms with Crippen molar-refractivity contribution in [2.24, 2.45) is 5.92 Å². The predicted octanol–water partition coefficient (Wildman–Crippen LogP) is 4.15. The summed E-state index contributed by atoms with van der Waals surface area (Å²) in [4.78, 5) is 84.7. The monoisotopic (exact) mass is 820 g/mol. The van der Waals surface area contributed by atoms with Crippen LogP contribution in [0.2, 0.25) is 0 Å². The van der Waals surface area contributed by atoms with E-state index < -0.39 is 35.5 Å². The van der Waals surface area contributed by atoms with Crippen LogP contribution in [0.1, 0.15) is 68.0 Å². The molecular formula is C45H41FN10O5. The third-order valence-electron chi connectivity index (χ3n) is 12.4. The van der Waals surface area contributed by atoms with Crippen molar-refractivity contribution in [1.29, 1.82) is 0 Å². The predicted molar refractivity (Wildman–Crippen MR) is 221 cm³/mol. The number of halogens is 1. The number of amides is 5. The Hall–Kier alpha value is -6.94. The van der Waals surface area contributed by atoms with Gasteiger partial charge in [0.25, 0.3) is 23.5 Å². The molecule has 4 aliphatic rings. The highest BCUT2D eigenvalue weighted by molar-refractivity contribution is 6.23. The van der Waals surface area contributed by atoms with Gasteiger partial charge in [-0.3, -0.25) is 44.1 Å². The van der Waals surface area contributed by atoms with Gasteiger partial charge in [-0.05, 0) is 79.3 Å². The third kappa shape index (κ3) is 7.26. The van der Waals surface area contributed by atoms with Crippen molar-refractivity contribution in [1.82, 2.24) is 44.6 Å². The minimum atomic E-state index is -0.998. The number of carbonyl (C=O) groups excluding carboxylic acids is 5. The van der Waals surface area contributed by atoms with E-state index in [4.69, 9.17) is 5.10 Å². The largest absolute Gasteiger partial charge is 0.369 e. The van der Waals surface area contributed by atoms with Crippen LogP contribution in [0.15, 0.2) is 85.3 Å². The van der Waals surface area contributed by atoms with Gasteiger partial charge < -0.3 is 9.80 Å². The number of aromatic nitrogens is 5. The molecule has 10 rings (SSSR count). The summed E-state index contributed by atoms with van der Waals surface area (Å²) in [5.41, 5.74) is 5.21. The van der Waals surface area contributed by atoms with Crippen LogP contribution in [0.4, 0.5) is 10.1 Å². The number of hydrogen-bond acceptors (Lipinski definition) is 11. The number of nitrogens with zero attached hydrogens (tertiary/aromatic N) is 9. The first kappa shape index (κ1) is 38.3. The quantitative estimate of drug-likeness (QED) is 0.219. The number of imide groups is 2. The summed E-state index contributed by atoms with van der Waals surface area (Å²) in [7, 11) is 0. The number of anilines is 1. The molecule has 0 bridgehead atoms. The summed E-state index contributed by atoms with van der Waals surface area (Å²) >= 11 is 0. The van der Waals surface area contributed by atoms with E-state index in [0.717, 1.165) is 78.3 Å². The van der Waals surface area contributed by atoms with Gasteiger partial charge in [0.2, 0.25) is 11.8 Å². The van der Waals surface area contributed by atoms with Crippen LogP contribution in [0, 0.1) is 11.7 Å². The molecule has 0 radical (unpaired) electrons. The van der Waals surface area contributed by atoms with Crippen LogP contribution in [0.3, 0.4) is 0 Å². The molecule has 4 aliphatic heterocycles. The topological polar surface area (TPSA) is 166 Å². The zero-order valence-corrected chi connectivity index (χ0v) is 33.2. The molecule has 1 unspecified atom stereocenters. The Morgan fingerprint density at radius 2 is 1.61 bits per heavy atom. The van der Waals surface area contributed by atoms with Crippen molar-refractivity contribution in [3.63, 3.8) is 0 Å². The lowest BCUT2D eigenvalue weighted by molar-refractivity contribution is -0.136. The molecule has 3 fully saturated rings. The Labute approximate surface area is 349 Å². The molecule has 3 aromatic carbocycles. The van der Waals surface area contributed by atoms with Gasteiger partial charge in [0, 0.05) is 81.5 Å². The van der Waals surface area contributed by atoms with Crippen molar-refractivity contribution >= 4 is 51.9 Å². The molecule has 3 saturated heterocycles. The third-order valence-corrected chi connectivity index (χ3v) is 12.4. The lowest BCUT2D eigenvalue weighted by Crippen LogP contribution is -2.54. The molecule has 5 amide bonds. The second-order valence-electron chi connectivity index (χ2n) is 16.2. The minimum Gasteiger partial charge on any atom is -0.369 e. The fraction of sp³-hybridized carbons (Fsp3) is 0.311. The normalized spacial score (nSPS) is 19.0. The van der Waals surface area contributed by atoms with Gasteiger partial charge >= 0.3 is 0 Å². The standard InChI is InChI=1S/C45H41FN10O5/c46-36-22-30(38-25-49-45-48-24-32(56(45)51-38)21-28-3-8-37-29(20-28)2-1-13-47-37)4-6-34(36)42(59)54-14-11-27(12-15-54)26-52-16-18-53(19-17-52)31-5-7-33-35(23-31)44(61)55(43(33)60)39-9-10-40(57)50-41(39)58/h1-8,13,20,22-25,27,39H,9-12,14-19,21,26H2,(H,50,57,58). The minimum absolute atomic E-state index is 0.0303. The maximum Gasteiger partial charge on any atom is 0.262 e. The second-order valence-corrected chi connectivity index (χ2v) is 16.2. The van der Waals surface area contributed by atoms with Gasteiger partial charge in [-0.1, -0.05) is 18.2 Å². The summed E-state index contributed by atoms with van der Waals surface area (Å²) in [6, 6.07) is 18.9. The lowest BCUT2D eigenvalue weighted by atomic mass is 9.95. The van der Waals surface area contributed by atoms with Gasteiger partial charge in [-0.25, -0.2) is 18.9 Å². The highest BCUT2D eigenvalue weighted by Gasteiger charge is 2.45. The van der Waals surface area contributed by atoms with Crippen LogP contribution < -0.4 is 10.2 Å². The van der Waals surface area contributed by atoms with E-state index in [-0.39, 0.29) is 35.4 Å². The second kappa shape index (κ2) is 15.6. The maximum atomic E-state index is 15.7. The van der Waals surface area contributed by atoms with Crippen LogP contribution in [-0.4, -0.2) is 121 Å². The summed E-state index contributed by atoms with van der Waals surface area (Å²) in [5.74, 6) is -2.16. The molecule has 308 valence electrons. The Bertz CT molecular complexity index is 2780. The van der Waals surface area contributed by atoms with Crippen LogP contribution in [0.25, 0.3) is 27.9 Å². The number of piperazine rings is 1. The van der Waals surface area contributed by atoms with E-state index in [2.05, 4.69) is 36.1 Å². The van der Waals surface area contributed by atoms with Crippen molar-refractivity contribution in [3.05, 3.63) is 119 Å². The molecule has 0 spiro atoms. The van der Waals surface area contributed by atoms with Gasteiger partial charge in [0.1, 0.15) is 17.6 Å². The van der Waals surface area contributed by atoms with Crippen molar-refractivity contribution in [3.8, 4) is 11.3 Å². The number of benzene rings is 3. The van der Waals surface area contributed by atoms with E-state index >= 15 is 4.39 Å². The fourth-order valence-electron chi connectivity index (χ4n) is 9.06. The number of piperidine rings is 2.